The van der Waals surface area contributed by atoms with Gasteiger partial charge in [-0.25, -0.2) is 4.52 Å². The Labute approximate surface area is 241 Å². The SMILES string of the molecule is FC(F)(F)c1ccc(COc2cccc(-c3cccc4nc(Nc5ccc(OCCN6CCCC6)cc5)nn34)c2)cc1. The Morgan fingerprint density at radius 1 is 0.810 bits per heavy atom. The Hall–Kier alpha value is -4.57. The van der Waals surface area contributed by atoms with E-state index in [4.69, 9.17) is 9.47 Å². The molecule has 216 valence electrons. The number of pyridine rings is 1. The highest BCUT2D eigenvalue weighted by atomic mass is 19.4. The highest BCUT2D eigenvalue weighted by molar-refractivity contribution is 5.66. The number of hydrogen-bond donors (Lipinski definition) is 1. The normalized spacial score (nSPS) is 13.9. The second-order valence-electron chi connectivity index (χ2n) is 10.2. The minimum atomic E-state index is -4.36. The molecule has 0 amide bonds. The van der Waals surface area contributed by atoms with Crippen molar-refractivity contribution in [3.05, 3.63) is 102 Å². The molecule has 3 aromatic carbocycles. The number of anilines is 2. The first-order valence-corrected chi connectivity index (χ1v) is 13.9. The summed E-state index contributed by atoms with van der Waals surface area (Å²) in [6, 6.07) is 25.9. The van der Waals surface area contributed by atoms with Crippen LogP contribution < -0.4 is 14.8 Å². The molecule has 1 aliphatic heterocycles. The third-order valence-corrected chi connectivity index (χ3v) is 7.16. The van der Waals surface area contributed by atoms with Crippen LogP contribution in [-0.2, 0) is 12.8 Å². The number of hydrogen-bond acceptors (Lipinski definition) is 6. The van der Waals surface area contributed by atoms with Crippen molar-refractivity contribution in [3.63, 3.8) is 0 Å². The maximum absolute atomic E-state index is 12.8. The van der Waals surface area contributed by atoms with Crippen molar-refractivity contribution in [2.45, 2.75) is 25.6 Å². The molecule has 0 atom stereocenters. The van der Waals surface area contributed by atoms with Gasteiger partial charge in [-0.1, -0.05) is 30.3 Å². The molecular weight excluding hydrogens is 543 g/mol. The van der Waals surface area contributed by atoms with Crippen molar-refractivity contribution in [3.8, 4) is 22.8 Å². The fourth-order valence-electron chi connectivity index (χ4n) is 4.94. The van der Waals surface area contributed by atoms with Crippen LogP contribution in [0.25, 0.3) is 16.9 Å². The van der Waals surface area contributed by atoms with Gasteiger partial charge in [0.1, 0.15) is 24.7 Å². The summed E-state index contributed by atoms with van der Waals surface area (Å²) in [6.45, 7) is 4.08. The van der Waals surface area contributed by atoms with E-state index in [1.165, 1.54) is 25.0 Å². The minimum Gasteiger partial charge on any atom is -0.492 e. The maximum atomic E-state index is 12.8. The summed E-state index contributed by atoms with van der Waals surface area (Å²) < 4.78 is 52.1. The summed E-state index contributed by atoms with van der Waals surface area (Å²) in [6.07, 6.45) is -1.82. The van der Waals surface area contributed by atoms with Crippen LogP contribution in [0.3, 0.4) is 0 Å². The Morgan fingerprint density at radius 2 is 1.57 bits per heavy atom. The summed E-state index contributed by atoms with van der Waals surface area (Å²) >= 11 is 0. The standard InChI is InChI=1S/C32H30F3N5O2/c33-32(34,35)25-11-9-23(10-12-25)22-42-28-6-3-5-24(21-28)29-7-4-8-30-37-31(38-40(29)30)36-26-13-15-27(16-14-26)41-20-19-39-17-1-2-18-39/h3-16,21H,1-2,17-20,22H2,(H,36,38). The van der Waals surface area contributed by atoms with E-state index in [0.717, 1.165) is 54.5 Å². The van der Waals surface area contributed by atoms with Gasteiger partial charge in [0.25, 0.3) is 0 Å². The lowest BCUT2D eigenvalue weighted by Gasteiger charge is -2.15. The van der Waals surface area contributed by atoms with Gasteiger partial charge in [-0.3, -0.25) is 4.90 Å². The molecule has 0 saturated carbocycles. The smallest absolute Gasteiger partial charge is 0.416 e. The first-order chi connectivity index (χ1) is 20.4. The van der Waals surface area contributed by atoms with Crippen molar-refractivity contribution in [1.29, 1.82) is 0 Å². The van der Waals surface area contributed by atoms with Crippen molar-refractivity contribution in [2.24, 2.45) is 0 Å². The number of alkyl halides is 3. The van der Waals surface area contributed by atoms with E-state index in [1.54, 1.807) is 4.52 Å². The average molecular weight is 574 g/mol. The van der Waals surface area contributed by atoms with Gasteiger partial charge in [0.15, 0.2) is 5.65 Å². The van der Waals surface area contributed by atoms with E-state index in [9.17, 15) is 13.2 Å². The number of halogens is 3. The third kappa shape index (κ3) is 6.66. The van der Waals surface area contributed by atoms with Crippen LogP contribution in [-0.4, -0.2) is 45.7 Å². The van der Waals surface area contributed by atoms with E-state index in [2.05, 4.69) is 20.3 Å². The molecule has 0 unspecified atom stereocenters. The molecule has 1 aliphatic rings. The zero-order chi connectivity index (χ0) is 28.9. The van der Waals surface area contributed by atoms with Crippen LogP contribution in [0.15, 0.2) is 91.0 Å². The number of aromatic nitrogens is 3. The molecule has 5 aromatic rings. The summed E-state index contributed by atoms with van der Waals surface area (Å²) in [5.41, 5.74) is 3.15. The topological polar surface area (TPSA) is 63.9 Å². The number of ether oxygens (including phenoxy) is 2. The monoisotopic (exact) mass is 573 g/mol. The lowest BCUT2D eigenvalue weighted by atomic mass is 10.1. The molecule has 1 N–H and O–H groups in total. The molecule has 1 saturated heterocycles. The van der Waals surface area contributed by atoms with Crippen LogP contribution in [0.4, 0.5) is 24.8 Å². The number of rotatable bonds is 10. The van der Waals surface area contributed by atoms with Crippen molar-refractivity contribution in [1.82, 2.24) is 19.5 Å². The van der Waals surface area contributed by atoms with E-state index < -0.39 is 11.7 Å². The molecule has 42 heavy (non-hydrogen) atoms. The lowest BCUT2D eigenvalue weighted by molar-refractivity contribution is -0.137. The van der Waals surface area contributed by atoms with Crippen LogP contribution in [0, 0.1) is 0 Å². The maximum Gasteiger partial charge on any atom is 0.416 e. The molecule has 1 fully saturated rings. The van der Waals surface area contributed by atoms with E-state index >= 15 is 0 Å². The Balaban J connectivity index is 1.11. The molecule has 0 spiro atoms. The Bertz CT molecular complexity index is 1630. The predicted octanol–water partition coefficient (Wildman–Crippen LogP) is 7.21. The van der Waals surface area contributed by atoms with E-state index in [-0.39, 0.29) is 6.61 Å². The summed E-state index contributed by atoms with van der Waals surface area (Å²) in [4.78, 5) is 7.05. The zero-order valence-corrected chi connectivity index (χ0v) is 22.8. The van der Waals surface area contributed by atoms with Crippen LogP contribution in [0.1, 0.15) is 24.0 Å². The average Bonchev–Trinajstić information content (AvgIpc) is 3.66. The second kappa shape index (κ2) is 12.1. The zero-order valence-electron chi connectivity index (χ0n) is 22.8. The van der Waals surface area contributed by atoms with Crippen molar-refractivity contribution >= 4 is 17.3 Å². The van der Waals surface area contributed by atoms with Gasteiger partial charge in [-0.15, -0.1) is 5.10 Å². The Kier molecular flexibility index (Phi) is 7.96. The predicted molar refractivity (Wildman–Crippen MR) is 155 cm³/mol. The number of benzene rings is 3. The number of nitrogens with one attached hydrogen (secondary N) is 1. The molecule has 6 rings (SSSR count). The van der Waals surface area contributed by atoms with E-state index in [0.29, 0.717) is 29.5 Å². The van der Waals surface area contributed by atoms with Gasteiger partial charge in [0, 0.05) is 17.8 Å². The van der Waals surface area contributed by atoms with Gasteiger partial charge >= 0.3 is 6.18 Å². The highest BCUT2D eigenvalue weighted by Crippen LogP contribution is 2.30. The third-order valence-electron chi connectivity index (χ3n) is 7.16. The molecular formula is C32H30F3N5O2. The summed E-state index contributed by atoms with van der Waals surface area (Å²) in [5, 5.41) is 7.94. The minimum absolute atomic E-state index is 0.144. The fraction of sp³-hybridized carbons (Fsp3) is 0.250. The van der Waals surface area contributed by atoms with Gasteiger partial charge in [-0.2, -0.15) is 18.2 Å². The van der Waals surface area contributed by atoms with Crippen LogP contribution in [0.5, 0.6) is 11.5 Å². The number of likely N-dealkylation sites (tertiary alicyclic amines) is 1. The largest absolute Gasteiger partial charge is 0.492 e. The molecule has 3 heterocycles. The van der Waals surface area contributed by atoms with E-state index in [1.807, 2.05) is 66.7 Å². The molecule has 2 aromatic heterocycles. The summed E-state index contributed by atoms with van der Waals surface area (Å²) in [5.74, 6) is 1.87. The van der Waals surface area contributed by atoms with Gasteiger partial charge in [0.2, 0.25) is 5.95 Å². The fourth-order valence-corrected chi connectivity index (χ4v) is 4.94. The molecule has 0 radical (unpaired) electrons. The quantitative estimate of drug-likeness (QED) is 0.191. The van der Waals surface area contributed by atoms with Crippen LogP contribution >= 0.6 is 0 Å². The van der Waals surface area contributed by atoms with Gasteiger partial charge < -0.3 is 14.8 Å². The molecule has 10 heteroatoms. The van der Waals surface area contributed by atoms with Crippen molar-refractivity contribution in [2.75, 3.05) is 31.6 Å². The lowest BCUT2D eigenvalue weighted by Crippen LogP contribution is -2.25. The first kappa shape index (κ1) is 27.6. The first-order valence-electron chi connectivity index (χ1n) is 13.9. The Morgan fingerprint density at radius 3 is 2.33 bits per heavy atom. The molecule has 0 bridgehead atoms. The van der Waals surface area contributed by atoms with Crippen molar-refractivity contribution < 1.29 is 22.6 Å². The molecule has 0 aliphatic carbocycles. The van der Waals surface area contributed by atoms with Gasteiger partial charge in [-0.05, 0) is 92.2 Å². The number of nitrogens with zero attached hydrogens (tertiary/aromatic N) is 4. The number of fused-ring (bicyclic) bond motifs is 1. The second-order valence-corrected chi connectivity index (χ2v) is 10.2. The van der Waals surface area contributed by atoms with Gasteiger partial charge in [0.05, 0.1) is 11.3 Å². The molecule has 7 nitrogen and oxygen atoms in total. The van der Waals surface area contributed by atoms with Crippen LogP contribution in [0.2, 0.25) is 0 Å². The summed E-state index contributed by atoms with van der Waals surface area (Å²) in [7, 11) is 0. The highest BCUT2D eigenvalue weighted by Gasteiger charge is 2.29.